The number of carbonyl (C=O) groups excluding carboxylic acids is 1. The van der Waals surface area contributed by atoms with Crippen LogP contribution in [0.4, 0.5) is 15.8 Å². The molecule has 0 fully saturated rings. The molecule has 0 amide bonds. The summed E-state index contributed by atoms with van der Waals surface area (Å²) in [5.41, 5.74) is 1.09. The van der Waals surface area contributed by atoms with Crippen molar-refractivity contribution in [2.24, 2.45) is 0 Å². The second kappa shape index (κ2) is 12.2. The fraction of sp³-hybridized carbons (Fsp3) is 0.148. The molecule has 37 heavy (non-hydrogen) atoms. The number of nitrogens with zero attached hydrogens (tertiary/aromatic N) is 1. The van der Waals surface area contributed by atoms with Gasteiger partial charge in [-0.3, -0.25) is 14.9 Å². The van der Waals surface area contributed by atoms with Crippen LogP contribution in [0.3, 0.4) is 0 Å². The van der Waals surface area contributed by atoms with Crippen LogP contribution in [0.1, 0.15) is 21.5 Å². The Balaban J connectivity index is 1.87. The average Bonchev–Trinajstić information content (AvgIpc) is 2.90. The van der Waals surface area contributed by atoms with E-state index in [0.717, 1.165) is 11.6 Å². The van der Waals surface area contributed by atoms with Crippen molar-refractivity contribution in [3.63, 3.8) is 0 Å². The highest BCUT2D eigenvalue weighted by molar-refractivity contribution is 6.07. The van der Waals surface area contributed by atoms with Crippen molar-refractivity contribution >= 4 is 29.3 Å². The number of nitro benzene ring substituents is 1. The van der Waals surface area contributed by atoms with Gasteiger partial charge in [0.1, 0.15) is 0 Å². The summed E-state index contributed by atoms with van der Waals surface area (Å²) in [7, 11) is 5.84. The Kier molecular flexibility index (Phi) is 8.82. The number of ketones is 1. The number of benzene rings is 3. The van der Waals surface area contributed by atoms with E-state index in [1.165, 1.54) is 65.0 Å². The molecule has 3 rings (SSSR count). The van der Waals surface area contributed by atoms with E-state index in [2.05, 4.69) is 5.32 Å². The summed E-state index contributed by atoms with van der Waals surface area (Å²) in [6.07, 6.45) is 5.81. The minimum Gasteiger partial charge on any atom is -0.493 e. The van der Waals surface area contributed by atoms with Gasteiger partial charge < -0.3 is 24.3 Å². The van der Waals surface area contributed by atoms with Gasteiger partial charge in [0, 0.05) is 18.3 Å². The van der Waals surface area contributed by atoms with Crippen LogP contribution >= 0.6 is 0 Å². The van der Waals surface area contributed by atoms with Gasteiger partial charge in [0.25, 0.3) is 5.69 Å². The topological polar surface area (TPSA) is 109 Å². The van der Waals surface area contributed by atoms with Crippen LogP contribution < -0.4 is 24.3 Å². The van der Waals surface area contributed by atoms with Crippen LogP contribution in [0.15, 0.2) is 60.8 Å². The average molecular weight is 509 g/mol. The summed E-state index contributed by atoms with van der Waals surface area (Å²) in [6.45, 7) is 0. The van der Waals surface area contributed by atoms with Crippen LogP contribution in [0.25, 0.3) is 12.2 Å². The number of nitro groups is 1. The first-order chi connectivity index (χ1) is 17.8. The van der Waals surface area contributed by atoms with Gasteiger partial charge in [-0.15, -0.1) is 0 Å². The molecule has 10 heteroatoms. The smallest absolute Gasteiger partial charge is 0.280 e. The molecule has 3 aromatic rings. The summed E-state index contributed by atoms with van der Waals surface area (Å²) < 4.78 is 35.9. The molecule has 0 bridgehead atoms. The van der Waals surface area contributed by atoms with Crippen molar-refractivity contribution in [3.8, 4) is 23.0 Å². The lowest BCUT2D eigenvalue weighted by atomic mass is 10.1. The van der Waals surface area contributed by atoms with Crippen molar-refractivity contribution in [1.82, 2.24) is 0 Å². The number of rotatable bonds is 11. The number of hydrogen-bond acceptors (Lipinski definition) is 8. The summed E-state index contributed by atoms with van der Waals surface area (Å²) in [5, 5.41) is 14.0. The Morgan fingerprint density at radius 2 is 1.49 bits per heavy atom. The number of nitrogens with one attached hydrogen (secondary N) is 1. The summed E-state index contributed by atoms with van der Waals surface area (Å²) in [5.74, 6) is 0.114. The predicted molar refractivity (Wildman–Crippen MR) is 138 cm³/mol. The number of halogens is 1. The summed E-state index contributed by atoms with van der Waals surface area (Å²) >= 11 is 0. The van der Waals surface area contributed by atoms with Gasteiger partial charge in [-0.1, -0.05) is 24.3 Å². The SMILES string of the molecule is COc1cc(/C=C\c2cc(F)c(OC)c(N/C=C\C(=O)c3ccccc3[N+](=O)[O-])c2)cc(OC)c1OC. The molecule has 0 heterocycles. The number of methoxy groups -OCH3 is 4. The number of hydrogen-bond donors (Lipinski definition) is 1. The molecule has 0 aliphatic heterocycles. The lowest BCUT2D eigenvalue weighted by Gasteiger charge is -2.13. The van der Waals surface area contributed by atoms with Gasteiger partial charge in [-0.05, 0) is 41.5 Å². The first kappa shape index (κ1) is 26.7. The highest BCUT2D eigenvalue weighted by atomic mass is 19.1. The van der Waals surface area contributed by atoms with Gasteiger partial charge in [0.2, 0.25) is 5.75 Å². The molecule has 0 saturated carbocycles. The third-order valence-electron chi connectivity index (χ3n) is 5.27. The Morgan fingerprint density at radius 1 is 0.892 bits per heavy atom. The van der Waals surface area contributed by atoms with Gasteiger partial charge in [-0.2, -0.15) is 0 Å². The van der Waals surface area contributed by atoms with Crippen molar-refractivity contribution in [2.45, 2.75) is 0 Å². The molecule has 0 aliphatic rings. The number of carbonyl (C=O) groups is 1. The maximum atomic E-state index is 14.7. The van der Waals surface area contributed by atoms with E-state index >= 15 is 0 Å². The molecule has 3 aromatic carbocycles. The maximum absolute atomic E-state index is 14.7. The Labute approximate surface area is 212 Å². The molecule has 0 unspecified atom stereocenters. The Bertz CT molecular complexity index is 1340. The summed E-state index contributed by atoms with van der Waals surface area (Å²) in [4.78, 5) is 23.0. The molecule has 0 aliphatic carbocycles. The standard InChI is InChI=1S/C27H25FN2O7/c1-34-24-15-18(16-25(35-2)27(24)37-4)10-9-17-13-20(28)26(36-3)21(14-17)29-12-11-23(31)19-7-5-6-8-22(19)30(32)33/h5-16,29H,1-4H3/b10-9-,12-11-. The zero-order chi connectivity index (χ0) is 26.9. The summed E-state index contributed by atoms with van der Waals surface area (Å²) in [6, 6.07) is 12.0. The largest absolute Gasteiger partial charge is 0.493 e. The number of allylic oxidation sites excluding steroid dienone is 1. The lowest BCUT2D eigenvalue weighted by Crippen LogP contribution is -2.02. The maximum Gasteiger partial charge on any atom is 0.280 e. The van der Waals surface area contributed by atoms with Gasteiger partial charge in [0.05, 0.1) is 44.6 Å². The predicted octanol–water partition coefficient (Wildman–Crippen LogP) is 5.75. The third-order valence-corrected chi connectivity index (χ3v) is 5.27. The molecule has 1 N–H and O–H groups in total. The Morgan fingerprint density at radius 3 is 2.05 bits per heavy atom. The van der Waals surface area contributed by atoms with Crippen molar-refractivity contribution < 1.29 is 33.1 Å². The van der Waals surface area contributed by atoms with Crippen molar-refractivity contribution in [2.75, 3.05) is 33.8 Å². The zero-order valence-electron chi connectivity index (χ0n) is 20.6. The minimum absolute atomic E-state index is 0.0623. The first-order valence-corrected chi connectivity index (χ1v) is 10.9. The van der Waals surface area contributed by atoms with Crippen LogP contribution in [0, 0.1) is 15.9 Å². The Hall–Kier alpha value is -4.86. The normalized spacial score (nSPS) is 10.9. The molecule has 0 radical (unpaired) electrons. The molecule has 192 valence electrons. The number of anilines is 1. The quantitative estimate of drug-likeness (QED) is 0.115. The van der Waals surface area contributed by atoms with Gasteiger partial charge >= 0.3 is 0 Å². The number of para-hydroxylation sites is 1. The van der Waals surface area contributed by atoms with Crippen LogP contribution in [0.2, 0.25) is 0 Å². The fourth-order valence-electron chi connectivity index (χ4n) is 3.55. The van der Waals surface area contributed by atoms with Crippen LogP contribution in [-0.2, 0) is 0 Å². The van der Waals surface area contributed by atoms with E-state index in [-0.39, 0.29) is 22.7 Å². The number of ether oxygens (including phenoxy) is 4. The first-order valence-electron chi connectivity index (χ1n) is 10.9. The van der Waals surface area contributed by atoms with Crippen LogP contribution in [0.5, 0.6) is 23.0 Å². The van der Waals surface area contributed by atoms with E-state index in [1.54, 1.807) is 30.4 Å². The molecule has 0 saturated heterocycles. The second-order valence-electron chi connectivity index (χ2n) is 7.49. The van der Waals surface area contributed by atoms with E-state index in [1.807, 2.05) is 0 Å². The lowest BCUT2D eigenvalue weighted by molar-refractivity contribution is -0.385. The fourth-order valence-corrected chi connectivity index (χ4v) is 3.55. The molecular weight excluding hydrogens is 483 g/mol. The van der Waals surface area contributed by atoms with E-state index in [4.69, 9.17) is 18.9 Å². The molecular formula is C27H25FN2O7. The van der Waals surface area contributed by atoms with E-state index in [0.29, 0.717) is 22.8 Å². The molecule has 0 atom stereocenters. The zero-order valence-corrected chi connectivity index (χ0v) is 20.6. The second-order valence-corrected chi connectivity index (χ2v) is 7.49. The molecule has 0 spiro atoms. The van der Waals surface area contributed by atoms with Crippen molar-refractivity contribution in [1.29, 1.82) is 0 Å². The third kappa shape index (κ3) is 6.23. The highest BCUT2D eigenvalue weighted by Gasteiger charge is 2.17. The van der Waals surface area contributed by atoms with Crippen molar-refractivity contribution in [3.05, 3.63) is 93.4 Å². The van der Waals surface area contributed by atoms with Crippen LogP contribution in [-0.4, -0.2) is 39.1 Å². The van der Waals surface area contributed by atoms with E-state index in [9.17, 15) is 19.3 Å². The van der Waals surface area contributed by atoms with Gasteiger partial charge in [-0.25, -0.2) is 4.39 Å². The highest BCUT2D eigenvalue weighted by Crippen LogP contribution is 2.39. The minimum atomic E-state index is -0.629. The van der Waals surface area contributed by atoms with E-state index < -0.39 is 16.5 Å². The molecule has 9 nitrogen and oxygen atoms in total. The van der Waals surface area contributed by atoms with Gasteiger partial charge in [0.15, 0.2) is 28.8 Å². The molecule has 0 aromatic heterocycles. The monoisotopic (exact) mass is 508 g/mol.